The third kappa shape index (κ3) is 5.09. The van der Waals surface area contributed by atoms with Gasteiger partial charge in [-0.15, -0.1) is 0 Å². The van der Waals surface area contributed by atoms with E-state index in [9.17, 15) is 9.59 Å². The SMILES string of the molecule is O=C(NCCN1CCCC1)Nc1cc(C(=O)N2CCOCC2)ccc1Cl. The van der Waals surface area contributed by atoms with E-state index in [-0.39, 0.29) is 11.9 Å². The van der Waals surface area contributed by atoms with Gasteiger partial charge in [0, 0.05) is 31.7 Å². The number of nitrogens with one attached hydrogen (secondary N) is 2. The van der Waals surface area contributed by atoms with Crippen LogP contribution in [-0.4, -0.2) is 74.2 Å². The van der Waals surface area contributed by atoms with Crippen LogP contribution in [0.15, 0.2) is 18.2 Å². The van der Waals surface area contributed by atoms with Crippen LogP contribution in [-0.2, 0) is 4.74 Å². The average molecular weight is 381 g/mol. The summed E-state index contributed by atoms with van der Waals surface area (Å²) in [5.41, 5.74) is 0.938. The van der Waals surface area contributed by atoms with Crippen LogP contribution in [0.4, 0.5) is 10.5 Å². The molecule has 0 aromatic heterocycles. The van der Waals surface area contributed by atoms with Gasteiger partial charge in [-0.1, -0.05) is 11.6 Å². The zero-order valence-corrected chi connectivity index (χ0v) is 15.6. The molecular weight excluding hydrogens is 356 g/mol. The Morgan fingerprint density at radius 3 is 2.58 bits per heavy atom. The minimum absolute atomic E-state index is 0.0811. The van der Waals surface area contributed by atoms with Crippen molar-refractivity contribution in [3.63, 3.8) is 0 Å². The number of likely N-dealkylation sites (tertiary alicyclic amines) is 1. The maximum atomic E-state index is 12.6. The molecule has 7 nitrogen and oxygen atoms in total. The summed E-state index contributed by atoms with van der Waals surface area (Å²) in [7, 11) is 0. The summed E-state index contributed by atoms with van der Waals surface area (Å²) in [5.74, 6) is -0.0811. The van der Waals surface area contributed by atoms with E-state index in [2.05, 4.69) is 15.5 Å². The molecule has 0 atom stereocenters. The second-order valence-electron chi connectivity index (χ2n) is 6.53. The van der Waals surface area contributed by atoms with Gasteiger partial charge < -0.3 is 25.2 Å². The number of ether oxygens (including phenoxy) is 1. The summed E-state index contributed by atoms with van der Waals surface area (Å²) in [5, 5.41) is 5.97. The number of rotatable bonds is 5. The fourth-order valence-electron chi connectivity index (χ4n) is 3.20. The summed E-state index contributed by atoms with van der Waals surface area (Å²) in [6, 6.07) is 4.62. The minimum atomic E-state index is -0.318. The van der Waals surface area contributed by atoms with Gasteiger partial charge >= 0.3 is 6.03 Å². The molecule has 3 amide bonds. The lowest BCUT2D eigenvalue weighted by molar-refractivity contribution is 0.0303. The number of hydrogen-bond acceptors (Lipinski definition) is 4. The number of halogens is 1. The van der Waals surface area contributed by atoms with E-state index in [1.807, 2.05) is 0 Å². The molecule has 0 bridgehead atoms. The maximum absolute atomic E-state index is 12.6. The van der Waals surface area contributed by atoms with Crippen molar-refractivity contribution in [3.05, 3.63) is 28.8 Å². The summed E-state index contributed by atoms with van der Waals surface area (Å²) >= 11 is 6.17. The summed E-state index contributed by atoms with van der Waals surface area (Å²) in [6.45, 7) is 5.85. The van der Waals surface area contributed by atoms with Gasteiger partial charge in [-0.3, -0.25) is 4.79 Å². The van der Waals surface area contributed by atoms with Crippen molar-refractivity contribution < 1.29 is 14.3 Å². The van der Waals surface area contributed by atoms with Crippen LogP contribution in [0.1, 0.15) is 23.2 Å². The van der Waals surface area contributed by atoms with Gasteiger partial charge in [0.15, 0.2) is 0 Å². The summed E-state index contributed by atoms with van der Waals surface area (Å²) in [6.07, 6.45) is 2.46. The van der Waals surface area contributed by atoms with Crippen molar-refractivity contribution in [1.29, 1.82) is 0 Å². The standard InChI is InChI=1S/C18H25ClN4O3/c19-15-4-3-14(17(24)23-9-11-26-12-10-23)13-16(15)21-18(25)20-5-8-22-6-1-2-7-22/h3-4,13H,1-2,5-12H2,(H2,20,21,25). The lowest BCUT2D eigenvalue weighted by atomic mass is 10.1. The van der Waals surface area contributed by atoms with E-state index in [0.717, 1.165) is 19.6 Å². The number of urea groups is 1. The number of nitrogens with zero attached hydrogens (tertiary/aromatic N) is 2. The first-order chi connectivity index (χ1) is 12.6. The Morgan fingerprint density at radius 2 is 1.85 bits per heavy atom. The van der Waals surface area contributed by atoms with Crippen LogP contribution in [0.2, 0.25) is 5.02 Å². The lowest BCUT2D eigenvalue weighted by Gasteiger charge is -2.27. The highest BCUT2D eigenvalue weighted by Crippen LogP contribution is 2.24. The molecule has 0 aliphatic carbocycles. The van der Waals surface area contributed by atoms with Gasteiger partial charge in [-0.25, -0.2) is 4.79 Å². The number of benzene rings is 1. The van der Waals surface area contributed by atoms with Crippen LogP contribution >= 0.6 is 11.6 Å². The Labute approximate surface area is 158 Å². The molecule has 2 saturated heterocycles. The van der Waals surface area contributed by atoms with Crippen molar-refractivity contribution in [2.45, 2.75) is 12.8 Å². The third-order valence-corrected chi connectivity index (χ3v) is 5.00. The van der Waals surface area contributed by atoms with E-state index in [0.29, 0.717) is 49.1 Å². The van der Waals surface area contributed by atoms with Crippen LogP contribution in [0.25, 0.3) is 0 Å². The average Bonchev–Trinajstić information content (AvgIpc) is 3.17. The van der Waals surface area contributed by atoms with Crippen molar-refractivity contribution in [1.82, 2.24) is 15.1 Å². The Morgan fingerprint density at radius 1 is 1.12 bits per heavy atom. The van der Waals surface area contributed by atoms with E-state index >= 15 is 0 Å². The third-order valence-electron chi connectivity index (χ3n) is 4.67. The van der Waals surface area contributed by atoms with Gasteiger partial charge in [0.1, 0.15) is 0 Å². The number of carbonyl (C=O) groups excluding carboxylic acids is 2. The molecule has 2 fully saturated rings. The van der Waals surface area contributed by atoms with Crippen LogP contribution in [0.5, 0.6) is 0 Å². The first-order valence-corrected chi connectivity index (χ1v) is 9.45. The zero-order valence-electron chi connectivity index (χ0n) is 14.8. The number of anilines is 1. The van der Waals surface area contributed by atoms with Gasteiger partial charge in [-0.2, -0.15) is 0 Å². The van der Waals surface area contributed by atoms with Crippen molar-refractivity contribution in [2.75, 3.05) is 57.8 Å². The summed E-state index contributed by atoms with van der Waals surface area (Å²) < 4.78 is 5.27. The van der Waals surface area contributed by atoms with Crippen molar-refractivity contribution in [3.8, 4) is 0 Å². The quantitative estimate of drug-likeness (QED) is 0.819. The molecule has 1 aromatic rings. The molecule has 142 valence electrons. The first kappa shape index (κ1) is 18.9. The number of amides is 3. The molecule has 26 heavy (non-hydrogen) atoms. The van der Waals surface area contributed by atoms with Crippen LogP contribution < -0.4 is 10.6 Å². The topological polar surface area (TPSA) is 73.9 Å². The minimum Gasteiger partial charge on any atom is -0.378 e. The molecule has 1 aromatic carbocycles. The van der Waals surface area contributed by atoms with E-state index in [4.69, 9.17) is 16.3 Å². The second-order valence-corrected chi connectivity index (χ2v) is 6.94. The van der Waals surface area contributed by atoms with E-state index in [1.165, 1.54) is 12.8 Å². The zero-order chi connectivity index (χ0) is 18.4. The molecule has 8 heteroatoms. The van der Waals surface area contributed by atoms with Crippen molar-refractivity contribution in [2.24, 2.45) is 0 Å². The predicted molar refractivity (Wildman–Crippen MR) is 101 cm³/mol. The van der Waals surface area contributed by atoms with Crippen LogP contribution in [0, 0.1) is 0 Å². The van der Waals surface area contributed by atoms with Crippen molar-refractivity contribution >= 4 is 29.2 Å². The monoisotopic (exact) mass is 380 g/mol. The molecule has 2 aliphatic heterocycles. The first-order valence-electron chi connectivity index (χ1n) is 9.07. The normalized spacial score (nSPS) is 18.0. The second kappa shape index (κ2) is 9.21. The number of morpholine rings is 1. The molecule has 0 spiro atoms. The molecule has 2 aliphatic rings. The highest BCUT2D eigenvalue weighted by molar-refractivity contribution is 6.33. The molecule has 2 heterocycles. The van der Waals surface area contributed by atoms with Gasteiger partial charge in [0.05, 0.1) is 23.9 Å². The smallest absolute Gasteiger partial charge is 0.319 e. The predicted octanol–water partition coefficient (Wildman–Crippen LogP) is 2.03. The summed E-state index contributed by atoms with van der Waals surface area (Å²) in [4.78, 5) is 28.7. The van der Waals surface area contributed by atoms with Gasteiger partial charge in [0.2, 0.25) is 0 Å². The highest BCUT2D eigenvalue weighted by atomic mass is 35.5. The van der Waals surface area contributed by atoms with Gasteiger partial charge in [-0.05, 0) is 44.1 Å². The largest absolute Gasteiger partial charge is 0.378 e. The number of hydrogen-bond donors (Lipinski definition) is 2. The highest BCUT2D eigenvalue weighted by Gasteiger charge is 2.19. The molecule has 0 saturated carbocycles. The maximum Gasteiger partial charge on any atom is 0.319 e. The molecular formula is C18H25ClN4O3. The van der Waals surface area contributed by atoms with Gasteiger partial charge in [0.25, 0.3) is 5.91 Å². The Bertz CT molecular complexity index is 643. The molecule has 2 N–H and O–H groups in total. The molecule has 3 rings (SSSR count). The number of carbonyl (C=O) groups is 2. The Hall–Kier alpha value is -1.83. The molecule has 0 unspecified atom stereocenters. The fraction of sp³-hybridized carbons (Fsp3) is 0.556. The Balaban J connectivity index is 1.54. The van der Waals surface area contributed by atoms with Crippen LogP contribution in [0.3, 0.4) is 0 Å². The molecule has 0 radical (unpaired) electrons. The lowest BCUT2D eigenvalue weighted by Crippen LogP contribution is -2.40. The van der Waals surface area contributed by atoms with E-state index < -0.39 is 0 Å². The Kier molecular flexibility index (Phi) is 6.71. The fourth-order valence-corrected chi connectivity index (χ4v) is 3.37. The van der Waals surface area contributed by atoms with E-state index in [1.54, 1.807) is 23.1 Å².